The molecule has 2 heterocycles. The average Bonchev–Trinajstić information content (AvgIpc) is 3.36. The van der Waals surface area contributed by atoms with E-state index in [1.165, 1.54) is 4.90 Å². The zero-order valence-electron chi connectivity index (χ0n) is 16.1. The van der Waals surface area contributed by atoms with Gasteiger partial charge in [0.2, 0.25) is 6.79 Å². The van der Waals surface area contributed by atoms with Gasteiger partial charge in [-0.2, -0.15) is 0 Å². The molecule has 2 aliphatic heterocycles. The molecule has 0 radical (unpaired) electrons. The van der Waals surface area contributed by atoms with Crippen LogP contribution in [0.15, 0.2) is 82.8 Å². The minimum Gasteiger partial charge on any atom is -0.507 e. The Kier molecular flexibility index (Phi) is 4.75. The molecule has 1 fully saturated rings. The van der Waals surface area contributed by atoms with Crippen molar-refractivity contribution in [3.8, 4) is 11.5 Å². The van der Waals surface area contributed by atoms with Crippen molar-refractivity contribution in [3.05, 3.63) is 94.0 Å². The lowest BCUT2D eigenvalue weighted by atomic mass is 9.95. The van der Waals surface area contributed by atoms with E-state index in [0.717, 1.165) is 4.47 Å². The van der Waals surface area contributed by atoms with Gasteiger partial charge in [0.25, 0.3) is 11.7 Å². The highest BCUT2D eigenvalue weighted by atomic mass is 79.9. The molecule has 3 aromatic carbocycles. The molecule has 0 bridgehead atoms. The number of carbonyl (C=O) groups is 2. The number of amides is 1. The van der Waals surface area contributed by atoms with E-state index in [4.69, 9.17) is 9.47 Å². The summed E-state index contributed by atoms with van der Waals surface area (Å²) in [6, 6.07) is 20.3. The number of anilines is 1. The van der Waals surface area contributed by atoms with Gasteiger partial charge in [0, 0.05) is 15.7 Å². The van der Waals surface area contributed by atoms with Gasteiger partial charge in [-0.3, -0.25) is 14.5 Å². The van der Waals surface area contributed by atoms with Crippen LogP contribution >= 0.6 is 15.9 Å². The number of para-hydroxylation sites is 1. The quantitative estimate of drug-likeness (QED) is 0.333. The van der Waals surface area contributed by atoms with Crippen molar-refractivity contribution in [1.29, 1.82) is 0 Å². The summed E-state index contributed by atoms with van der Waals surface area (Å²) in [5, 5.41) is 11.1. The van der Waals surface area contributed by atoms with Crippen LogP contribution < -0.4 is 14.4 Å². The molecule has 0 aliphatic carbocycles. The van der Waals surface area contributed by atoms with E-state index in [1.807, 2.05) is 6.07 Å². The van der Waals surface area contributed by atoms with Crippen LogP contribution in [0.5, 0.6) is 11.5 Å². The fourth-order valence-corrected chi connectivity index (χ4v) is 4.11. The molecule has 1 amide bonds. The average molecular weight is 478 g/mol. The van der Waals surface area contributed by atoms with Crippen LogP contribution in [0.25, 0.3) is 5.76 Å². The summed E-state index contributed by atoms with van der Waals surface area (Å²) in [7, 11) is 0. The fourth-order valence-electron chi connectivity index (χ4n) is 3.85. The number of ketones is 1. The highest BCUT2D eigenvalue weighted by Crippen LogP contribution is 2.44. The topological polar surface area (TPSA) is 76.1 Å². The number of ether oxygens (including phenoxy) is 2. The van der Waals surface area contributed by atoms with Crippen molar-refractivity contribution in [2.75, 3.05) is 11.7 Å². The van der Waals surface area contributed by atoms with Crippen LogP contribution in [0.4, 0.5) is 5.69 Å². The molecule has 6 nitrogen and oxygen atoms in total. The van der Waals surface area contributed by atoms with Crippen molar-refractivity contribution < 1.29 is 24.2 Å². The Bertz CT molecular complexity index is 1220. The largest absolute Gasteiger partial charge is 0.507 e. The van der Waals surface area contributed by atoms with E-state index in [-0.39, 0.29) is 18.1 Å². The van der Waals surface area contributed by atoms with Crippen molar-refractivity contribution >= 4 is 39.1 Å². The standard InChI is InChI=1S/C24H16BrNO5/c25-16-9-6-14(7-10-16)22(27)20-21(15-8-11-18-19(12-15)31-13-30-18)26(24(29)23(20)28)17-4-2-1-3-5-17/h1-12,21,27H,13H2/b22-20-. The number of fused-ring (bicyclic) bond motifs is 1. The van der Waals surface area contributed by atoms with Gasteiger partial charge in [-0.15, -0.1) is 0 Å². The predicted molar refractivity (Wildman–Crippen MR) is 118 cm³/mol. The summed E-state index contributed by atoms with van der Waals surface area (Å²) >= 11 is 3.36. The van der Waals surface area contributed by atoms with E-state index in [9.17, 15) is 14.7 Å². The molecular weight excluding hydrogens is 462 g/mol. The monoisotopic (exact) mass is 477 g/mol. The summed E-state index contributed by atoms with van der Waals surface area (Å²) in [4.78, 5) is 27.6. The van der Waals surface area contributed by atoms with Gasteiger partial charge >= 0.3 is 0 Å². The van der Waals surface area contributed by atoms with Crippen LogP contribution in [0, 0.1) is 0 Å². The number of carbonyl (C=O) groups excluding carboxylic acids is 2. The molecule has 0 spiro atoms. The molecule has 0 aromatic heterocycles. The van der Waals surface area contributed by atoms with E-state index in [2.05, 4.69) is 15.9 Å². The summed E-state index contributed by atoms with van der Waals surface area (Å²) in [5.74, 6) is -0.556. The van der Waals surface area contributed by atoms with Crippen molar-refractivity contribution in [3.63, 3.8) is 0 Å². The van der Waals surface area contributed by atoms with Gasteiger partial charge in [0.1, 0.15) is 5.76 Å². The van der Waals surface area contributed by atoms with Crippen LogP contribution in [0.2, 0.25) is 0 Å². The van der Waals surface area contributed by atoms with E-state index in [1.54, 1.807) is 66.7 Å². The van der Waals surface area contributed by atoms with Gasteiger partial charge in [0.05, 0.1) is 11.6 Å². The molecule has 1 saturated heterocycles. The SMILES string of the molecule is O=C1C(=O)N(c2ccccc2)C(c2ccc3c(c2)OCO3)/C1=C(/O)c1ccc(Br)cc1. The zero-order chi connectivity index (χ0) is 21.5. The highest BCUT2D eigenvalue weighted by Gasteiger charge is 2.47. The lowest BCUT2D eigenvalue weighted by Crippen LogP contribution is -2.29. The molecule has 7 heteroatoms. The fraction of sp³-hybridized carbons (Fsp3) is 0.0833. The Morgan fingerprint density at radius 3 is 2.39 bits per heavy atom. The maximum atomic E-state index is 13.1. The van der Waals surface area contributed by atoms with Gasteiger partial charge in [-0.25, -0.2) is 0 Å². The third-order valence-corrected chi connectivity index (χ3v) is 5.84. The molecule has 5 rings (SSSR count). The summed E-state index contributed by atoms with van der Waals surface area (Å²) < 4.78 is 11.7. The smallest absolute Gasteiger partial charge is 0.300 e. The summed E-state index contributed by atoms with van der Waals surface area (Å²) in [6.45, 7) is 0.108. The van der Waals surface area contributed by atoms with Crippen molar-refractivity contribution in [2.45, 2.75) is 6.04 Å². The molecular formula is C24H16BrNO5. The van der Waals surface area contributed by atoms with Crippen LogP contribution in [0.1, 0.15) is 17.2 Å². The predicted octanol–water partition coefficient (Wildman–Crippen LogP) is 4.80. The molecule has 2 aliphatic rings. The Labute approximate surface area is 186 Å². The maximum Gasteiger partial charge on any atom is 0.300 e. The number of rotatable bonds is 3. The number of hydrogen-bond acceptors (Lipinski definition) is 5. The normalized spacial score (nSPS) is 19.1. The number of benzene rings is 3. The second-order valence-electron chi connectivity index (χ2n) is 7.12. The van der Waals surface area contributed by atoms with Crippen molar-refractivity contribution in [2.24, 2.45) is 0 Å². The third kappa shape index (κ3) is 3.27. The van der Waals surface area contributed by atoms with E-state index in [0.29, 0.717) is 28.3 Å². The number of aliphatic hydroxyl groups excluding tert-OH is 1. The molecule has 31 heavy (non-hydrogen) atoms. The lowest BCUT2D eigenvalue weighted by molar-refractivity contribution is -0.132. The van der Waals surface area contributed by atoms with E-state index >= 15 is 0 Å². The first-order valence-electron chi connectivity index (χ1n) is 9.56. The van der Waals surface area contributed by atoms with Crippen molar-refractivity contribution in [1.82, 2.24) is 0 Å². The molecule has 1 atom stereocenters. The first kappa shape index (κ1) is 19.4. The molecule has 3 aromatic rings. The van der Waals surface area contributed by atoms with Gasteiger partial charge in [0.15, 0.2) is 11.5 Å². The van der Waals surface area contributed by atoms with Gasteiger partial charge < -0.3 is 14.6 Å². The number of Topliss-reactive ketones (excluding diaryl/α,β-unsaturated/α-hetero) is 1. The van der Waals surface area contributed by atoms with E-state index < -0.39 is 17.7 Å². The molecule has 1 N–H and O–H groups in total. The second kappa shape index (κ2) is 7.59. The number of aliphatic hydroxyl groups is 1. The Balaban J connectivity index is 1.72. The number of halogens is 1. The third-order valence-electron chi connectivity index (χ3n) is 5.31. The maximum absolute atomic E-state index is 13.1. The van der Waals surface area contributed by atoms with Crippen LogP contribution in [0.3, 0.4) is 0 Å². The minimum absolute atomic E-state index is 0.0232. The number of hydrogen-bond donors (Lipinski definition) is 1. The first-order chi connectivity index (χ1) is 15.0. The Morgan fingerprint density at radius 2 is 1.65 bits per heavy atom. The summed E-state index contributed by atoms with van der Waals surface area (Å²) in [5.41, 5.74) is 1.66. The lowest BCUT2D eigenvalue weighted by Gasteiger charge is -2.25. The molecule has 0 saturated carbocycles. The zero-order valence-corrected chi connectivity index (χ0v) is 17.7. The van der Waals surface area contributed by atoms with Gasteiger partial charge in [-0.05, 0) is 42.0 Å². The summed E-state index contributed by atoms with van der Waals surface area (Å²) in [6.07, 6.45) is 0. The number of nitrogens with zero attached hydrogens (tertiary/aromatic N) is 1. The minimum atomic E-state index is -0.819. The van der Waals surface area contributed by atoms with Gasteiger partial charge in [-0.1, -0.05) is 52.3 Å². The highest BCUT2D eigenvalue weighted by molar-refractivity contribution is 9.10. The van der Waals surface area contributed by atoms with Crippen LogP contribution in [-0.2, 0) is 9.59 Å². The molecule has 154 valence electrons. The Hall–Kier alpha value is -3.58. The first-order valence-corrected chi connectivity index (χ1v) is 10.4. The second-order valence-corrected chi connectivity index (χ2v) is 8.04. The van der Waals surface area contributed by atoms with Crippen LogP contribution in [-0.4, -0.2) is 23.6 Å². The molecule has 1 unspecified atom stereocenters. The Morgan fingerprint density at radius 1 is 0.935 bits per heavy atom.